The molecule has 0 spiro atoms. The molecule has 0 aliphatic rings. The van der Waals surface area contributed by atoms with E-state index in [9.17, 15) is 23.1 Å². The van der Waals surface area contributed by atoms with Crippen molar-refractivity contribution in [2.45, 2.75) is 18.6 Å². The predicted octanol–water partition coefficient (Wildman–Crippen LogP) is 1.58. The second-order valence-electron chi connectivity index (χ2n) is 3.48. The van der Waals surface area contributed by atoms with Gasteiger partial charge in [0.05, 0.1) is 6.42 Å². The summed E-state index contributed by atoms with van der Waals surface area (Å²) in [6, 6.07) is 0.844. The van der Waals surface area contributed by atoms with Gasteiger partial charge in [0.25, 0.3) is 0 Å². The molecule has 94 valence electrons. The van der Waals surface area contributed by atoms with Crippen molar-refractivity contribution in [3.63, 3.8) is 0 Å². The quantitative estimate of drug-likeness (QED) is 0.759. The van der Waals surface area contributed by atoms with Gasteiger partial charge in [-0.3, -0.25) is 4.79 Å². The predicted molar refractivity (Wildman–Crippen MR) is 52.4 cm³/mol. The molecule has 0 aromatic heterocycles. The van der Waals surface area contributed by atoms with E-state index in [2.05, 4.69) is 0 Å². The monoisotopic (exact) mass is 249 g/mol. The van der Waals surface area contributed by atoms with Crippen molar-refractivity contribution in [2.75, 3.05) is 0 Å². The molecule has 0 bridgehead atoms. The molecule has 0 radical (unpaired) electrons. The van der Waals surface area contributed by atoms with Crippen molar-refractivity contribution < 1.29 is 28.2 Å². The van der Waals surface area contributed by atoms with Gasteiger partial charge in [-0.15, -0.1) is 0 Å². The molecule has 1 aromatic rings. The maximum atomic E-state index is 12.3. The second kappa shape index (κ2) is 4.62. The van der Waals surface area contributed by atoms with Gasteiger partial charge in [-0.25, -0.2) is 0 Å². The highest BCUT2D eigenvalue weighted by atomic mass is 19.4. The maximum absolute atomic E-state index is 12.3. The number of hydrogen-bond acceptors (Lipinski definition) is 3. The first kappa shape index (κ1) is 13.3. The van der Waals surface area contributed by atoms with Gasteiger partial charge in [0.2, 0.25) is 0 Å². The molecule has 0 saturated heterocycles. The average Bonchev–Trinajstić information content (AvgIpc) is 2.14. The van der Waals surface area contributed by atoms with Crippen molar-refractivity contribution in [3.05, 3.63) is 29.3 Å². The summed E-state index contributed by atoms with van der Waals surface area (Å²) in [5, 5.41) is 17.8. The number of carboxylic acids is 1. The van der Waals surface area contributed by atoms with Crippen molar-refractivity contribution in [1.29, 1.82) is 0 Å². The van der Waals surface area contributed by atoms with E-state index in [-0.39, 0.29) is 12.0 Å². The normalized spacial score (nSPS) is 13.4. The van der Waals surface area contributed by atoms with Crippen LogP contribution in [0.5, 0.6) is 5.75 Å². The van der Waals surface area contributed by atoms with E-state index >= 15 is 0 Å². The minimum absolute atomic E-state index is 0.202. The van der Waals surface area contributed by atoms with E-state index in [0.717, 1.165) is 12.1 Å². The molecule has 7 heteroatoms. The fourth-order valence-electron chi connectivity index (χ4n) is 1.31. The second-order valence-corrected chi connectivity index (χ2v) is 3.48. The van der Waals surface area contributed by atoms with Crippen LogP contribution in [0.25, 0.3) is 0 Å². The fourth-order valence-corrected chi connectivity index (χ4v) is 1.31. The van der Waals surface area contributed by atoms with Gasteiger partial charge < -0.3 is 15.9 Å². The third kappa shape index (κ3) is 3.35. The molecule has 0 saturated carbocycles. The van der Waals surface area contributed by atoms with Gasteiger partial charge in [0.1, 0.15) is 11.8 Å². The number of phenols is 1. The number of carbonyl (C=O) groups is 1. The Morgan fingerprint density at radius 2 is 2.00 bits per heavy atom. The van der Waals surface area contributed by atoms with E-state index in [1.165, 1.54) is 6.07 Å². The maximum Gasteiger partial charge on any atom is 0.407 e. The topological polar surface area (TPSA) is 83.6 Å². The van der Waals surface area contributed by atoms with E-state index < -0.39 is 29.5 Å². The lowest BCUT2D eigenvalue weighted by Crippen LogP contribution is -2.28. The highest BCUT2D eigenvalue weighted by Gasteiger charge is 2.39. The largest absolute Gasteiger partial charge is 0.508 e. The number of phenolic OH excluding ortho intramolecular Hbond substituents is 1. The number of benzene rings is 1. The average molecular weight is 249 g/mol. The van der Waals surface area contributed by atoms with Crippen molar-refractivity contribution >= 4 is 5.97 Å². The minimum atomic E-state index is -4.66. The highest BCUT2D eigenvalue weighted by molar-refractivity contribution is 5.70. The van der Waals surface area contributed by atoms with Gasteiger partial charge in [0, 0.05) is 5.56 Å². The lowest BCUT2D eigenvalue weighted by Gasteiger charge is -2.17. The Balaban J connectivity index is 3.01. The summed E-state index contributed by atoms with van der Waals surface area (Å²) in [6.45, 7) is 0. The molecule has 1 aromatic carbocycles. The number of alkyl halides is 3. The summed E-state index contributed by atoms with van der Waals surface area (Å²) in [4.78, 5) is 10.4. The number of nitrogens with two attached hydrogens (primary N) is 1. The SMILES string of the molecule is N[C@@H](c1ccc(CC(=O)O)cc1O)C(F)(F)F. The summed E-state index contributed by atoms with van der Waals surface area (Å²) in [5.74, 6) is -1.80. The molecule has 0 unspecified atom stereocenters. The molecule has 4 N–H and O–H groups in total. The van der Waals surface area contributed by atoms with E-state index in [1.54, 1.807) is 0 Å². The fraction of sp³-hybridized carbons (Fsp3) is 0.300. The van der Waals surface area contributed by atoms with Crippen LogP contribution in [0.1, 0.15) is 17.2 Å². The number of halogens is 3. The van der Waals surface area contributed by atoms with E-state index in [1.807, 2.05) is 0 Å². The van der Waals surface area contributed by atoms with Gasteiger partial charge in [0.15, 0.2) is 0 Å². The lowest BCUT2D eigenvalue weighted by molar-refractivity contribution is -0.149. The molecule has 4 nitrogen and oxygen atoms in total. The Bertz CT molecular complexity index is 431. The number of rotatable bonds is 3. The van der Waals surface area contributed by atoms with Crippen LogP contribution in [0.2, 0.25) is 0 Å². The smallest absolute Gasteiger partial charge is 0.407 e. The van der Waals surface area contributed by atoms with Crippen LogP contribution in [0, 0.1) is 0 Å². The Morgan fingerprint density at radius 3 is 2.41 bits per heavy atom. The van der Waals surface area contributed by atoms with E-state index in [0.29, 0.717) is 0 Å². The molecule has 0 aliphatic heterocycles. The summed E-state index contributed by atoms with van der Waals surface area (Å²) in [5.41, 5.74) is 4.64. The van der Waals surface area contributed by atoms with Crippen molar-refractivity contribution in [3.8, 4) is 5.75 Å². The molecule has 0 fully saturated rings. The van der Waals surface area contributed by atoms with Gasteiger partial charge >= 0.3 is 12.1 Å². The molecule has 1 rings (SSSR count). The van der Waals surface area contributed by atoms with Gasteiger partial charge in [-0.05, 0) is 11.6 Å². The van der Waals surface area contributed by atoms with Crippen LogP contribution in [-0.2, 0) is 11.2 Å². The van der Waals surface area contributed by atoms with Crippen LogP contribution >= 0.6 is 0 Å². The van der Waals surface area contributed by atoms with Gasteiger partial charge in [-0.1, -0.05) is 12.1 Å². The van der Waals surface area contributed by atoms with Crippen molar-refractivity contribution in [1.82, 2.24) is 0 Å². The molecular formula is C10H10F3NO3. The zero-order chi connectivity index (χ0) is 13.2. The zero-order valence-electron chi connectivity index (χ0n) is 8.53. The van der Waals surface area contributed by atoms with Crippen LogP contribution in [0.3, 0.4) is 0 Å². The first-order valence-corrected chi connectivity index (χ1v) is 4.57. The summed E-state index contributed by atoms with van der Waals surface area (Å²) >= 11 is 0. The Hall–Kier alpha value is -1.76. The highest BCUT2D eigenvalue weighted by Crippen LogP contribution is 2.35. The first-order chi connectivity index (χ1) is 7.71. The Kier molecular flexibility index (Phi) is 3.62. The zero-order valence-corrected chi connectivity index (χ0v) is 8.53. The third-order valence-corrected chi connectivity index (χ3v) is 2.14. The van der Waals surface area contributed by atoms with Gasteiger partial charge in [-0.2, -0.15) is 13.2 Å². The standard InChI is InChI=1S/C10H10F3NO3/c11-10(12,13)9(14)6-2-1-5(3-7(6)15)4-8(16)17/h1-3,9,15H,4,14H2,(H,16,17)/t9-/m0/s1. The van der Waals surface area contributed by atoms with E-state index in [4.69, 9.17) is 10.8 Å². The van der Waals surface area contributed by atoms with Crippen LogP contribution in [0.15, 0.2) is 18.2 Å². The van der Waals surface area contributed by atoms with Crippen LogP contribution < -0.4 is 5.73 Å². The Labute approximate surface area is 94.5 Å². The summed E-state index contributed by atoms with van der Waals surface area (Å²) in [7, 11) is 0. The molecule has 17 heavy (non-hydrogen) atoms. The minimum Gasteiger partial charge on any atom is -0.508 e. The van der Waals surface area contributed by atoms with Crippen molar-refractivity contribution in [2.24, 2.45) is 5.73 Å². The van der Waals surface area contributed by atoms with Crippen LogP contribution in [-0.4, -0.2) is 22.4 Å². The molecule has 1 atom stereocenters. The lowest BCUT2D eigenvalue weighted by atomic mass is 10.0. The molecule has 0 aliphatic carbocycles. The Morgan fingerprint density at radius 1 is 1.41 bits per heavy atom. The molecule has 0 heterocycles. The molecular weight excluding hydrogens is 239 g/mol. The summed E-state index contributed by atoms with van der Waals surface area (Å²) in [6.07, 6.45) is -5.04. The first-order valence-electron chi connectivity index (χ1n) is 4.57. The third-order valence-electron chi connectivity index (χ3n) is 2.14. The summed E-state index contributed by atoms with van der Waals surface area (Å²) < 4.78 is 36.9. The number of aliphatic carboxylic acids is 1. The molecule has 0 amide bonds. The number of aromatic hydroxyl groups is 1. The van der Waals surface area contributed by atoms with Crippen LogP contribution in [0.4, 0.5) is 13.2 Å². The number of hydrogen-bond donors (Lipinski definition) is 3. The number of carboxylic acid groups (broad SMARTS) is 1.